The van der Waals surface area contributed by atoms with Crippen molar-refractivity contribution in [3.8, 4) is 0 Å². The molecule has 132 valence electrons. The van der Waals surface area contributed by atoms with E-state index in [1.54, 1.807) is 0 Å². The molecule has 3 unspecified atom stereocenters. The van der Waals surface area contributed by atoms with Gasteiger partial charge in [0.15, 0.2) is 0 Å². The van der Waals surface area contributed by atoms with Crippen LogP contribution >= 0.6 is 0 Å². The van der Waals surface area contributed by atoms with Crippen molar-refractivity contribution in [3.63, 3.8) is 0 Å². The maximum atomic E-state index is 2.86. The quantitative estimate of drug-likeness (QED) is 0.775. The monoisotopic (exact) mass is 319 g/mol. The first-order valence-corrected chi connectivity index (χ1v) is 10.1. The summed E-state index contributed by atoms with van der Waals surface area (Å²) in [5, 5.41) is 0. The molecule has 0 bridgehead atoms. The summed E-state index contributed by atoms with van der Waals surface area (Å²) < 4.78 is 0. The van der Waals surface area contributed by atoms with Crippen molar-refractivity contribution in [1.82, 2.24) is 14.7 Å². The molecule has 0 aromatic rings. The fourth-order valence-corrected chi connectivity index (χ4v) is 5.70. The SMILES string of the molecule is CN1CCCC(N2CC3CC(N4CC(C(C)(C)C)C4)CC3C2)C1. The van der Waals surface area contributed by atoms with Crippen molar-refractivity contribution in [2.75, 3.05) is 46.3 Å². The van der Waals surface area contributed by atoms with Crippen LogP contribution in [0.15, 0.2) is 0 Å². The predicted molar refractivity (Wildman–Crippen MR) is 96.6 cm³/mol. The minimum Gasteiger partial charge on any atom is -0.305 e. The van der Waals surface area contributed by atoms with Crippen molar-refractivity contribution < 1.29 is 0 Å². The van der Waals surface area contributed by atoms with Gasteiger partial charge in [-0.15, -0.1) is 0 Å². The number of nitrogens with zero attached hydrogens (tertiary/aromatic N) is 3. The van der Waals surface area contributed by atoms with Crippen molar-refractivity contribution in [2.24, 2.45) is 23.2 Å². The molecule has 0 N–H and O–H groups in total. The summed E-state index contributed by atoms with van der Waals surface area (Å²) in [5.74, 6) is 2.93. The molecule has 3 saturated heterocycles. The Labute approximate surface area is 143 Å². The number of fused-ring (bicyclic) bond motifs is 1. The van der Waals surface area contributed by atoms with Gasteiger partial charge in [-0.1, -0.05) is 20.8 Å². The Morgan fingerprint density at radius 2 is 1.39 bits per heavy atom. The van der Waals surface area contributed by atoms with Gasteiger partial charge in [-0.3, -0.25) is 9.80 Å². The average Bonchev–Trinajstić information content (AvgIpc) is 2.93. The van der Waals surface area contributed by atoms with Crippen molar-refractivity contribution in [2.45, 2.75) is 58.5 Å². The normalized spacial score (nSPS) is 41.2. The minimum absolute atomic E-state index is 0.509. The van der Waals surface area contributed by atoms with Gasteiger partial charge in [0.05, 0.1) is 0 Å². The van der Waals surface area contributed by atoms with E-state index in [0.29, 0.717) is 5.41 Å². The third kappa shape index (κ3) is 3.21. The lowest BCUT2D eigenvalue weighted by Crippen LogP contribution is -2.56. The molecule has 0 aromatic carbocycles. The molecular weight excluding hydrogens is 282 g/mol. The lowest BCUT2D eigenvalue weighted by atomic mass is 9.75. The molecule has 4 rings (SSSR count). The molecule has 1 saturated carbocycles. The van der Waals surface area contributed by atoms with Crippen LogP contribution in [-0.2, 0) is 0 Å². The number of rotatable bonds is 2. The average molecular weight is 320 g/mol. The van der Waals surface area contributed by atoms with Crippen LogP contribution in [0.25, 0.3) is 0 Å². The molecule has 0 spiro atoms. The maximum Gasteiger partial charge on any atom is 0.0223 e. The van der Waals surface area contributed by atoms with E-state index >= 15 is 0 Å². The zero-order chi connectivity index (χ0) is 16.2. The van der Waals surface area contributed by atoms with Crippen LogP contribution in [-0.4, -0.2) is 73.1 Å². The Morgan fingerprint density at radius 1 is 0.783 bits per heavy atom. The second-order valence-corrected chi connectivity index (χ2v) is 10.2. The molecule has 3 aliphatic heterocycles. The van der Waals surface area contributed by atoms with Crippen LogP contribution in [0.4, 0.5) is 0 Å². The van der Waals surface area contributed by atoms with E-state index in [1.165, 1.54) is 65.0 Å². The third-order valence-electron chi connectivity index (χ3n) is 7.52. The Bertz CT molecular complexity index is 409. The fraction of sp³-hybridized carbons (Fsp3) is 1.00. The van der Waals surface area contributed by atoms with Crippen LogP contribution < -0.4 is 0 Å². The van der Waals surface area contributed by atoms with Gasteiger partial charge in [0.25, 0.3) is 0 Å². The maximum absolute atomic E-state index is 2.86. The van der Waals surface area contributed by atoms with E-state index in [2.05, 4.69) is 42.5 Å². The predicted octanol–water partition coefficient (Wildman–Crippen LogP) is 2.77. The van der Waals surface area contributed by atoms with Crippen molar-refractivity contribution in [1.29, 1.82) is 0 Å². The summed E-state index contributed by atoms with van der Waals surface area (Å²) in [6.07, 6.45) is 5.81. The van der Waals surface area contributed by atoms with Gasteiger partial charge < -0.3 is 4.90 Å². The largest absolute Gasteiger partial charge is 0.305 e. The summed E-state index contributed by atoms with van der Waals surface area (Å²) in [7, 11) is 2.30. The summed E-state index contributed by atoms with van der Waals surface area (Å²) >= 11 is 0. The van der Waals surface area contributed by atoms with Crippen LogP contribution in [0.2, 0.25) is 0 Å². The van der Waals surface area contributed by atoms with Crippen LogP contribution in [0.5, 0.6) is 0 Å². The highest BCUT2D eigenvalue weighted by molar-refractivity contribution is 5.01. The molecule has 23 heavy (non-hydrogen) atoms. The zero-order valence-electron chi connectivity index (χ0n) is 15.8. The topological polar surface area (TPSA) is 9.72 Å². The smallest absolute Gasteiger partial charge is 0.0223 e. The molecule has 0 radical (unpaired) electrons. The van der Waals surface area contributed by atoms with E-state index in [0.717, 1.165) is 29.8 Å². The van der Waals surface area contributed by atoms with Gasteiger partial charge in [-0.05, 0) is 62.4 Å². The summed E-state index contributed by atoms with van der Waals surface area (Å²) in [6.45, 7) is 15.4. The van der Waals surface area contributed by atoms with E-state index in [1.807, 2.05) is 0 Å². The first-order valence-electron chi connectivity index (χ1n) is 10.1. The van der Waals surface area contributed by atoms with E-state index in [4.69, 9.17) is 0 Å². The molecule has 3 heteroatoms. The van der Waals surface area contributed by atoms with Gasteiger partial charge in [-0.2, -0.15) is 0 Å². The van der Waals surface area contributed by atoms with E-state index in [9.17, 15) is 0 Å². The number of piperidine rings is 1. The third-order valence-corrected chi connectivity index (χ3v) is 7.52. The van der Waals surface area contributed by atoms with Gasteiger partial charge in [0.2, 0.25) is 0 Å². The molecule has 0 amide bonds. The molecule has 3 nitrogen and oxygen atoms in total. The highest BCUT2D eigenvalue weighted by atomic mass is 15.3. The first-order chi connectivity index (χ1) is 10.9. The van der Waals surface area contributed by atoms with Gasteiger partial charge in [-0.25, -0.2) is 0 Å². The highest BCUT2D eigenvalue weighted by Gasteiger charge is 2.47. The molecule has 3 heterocycles. The van der Waals surface area contributed by atoms with Crippen molar-refractivity contribution in [3.05, 3.63) is 0 Å². The molecule has 4 fully saturated rings. The van der Waals surface area contributed by atoms with Crippen LogP contribution in [0.3, 0.4) is 0 Å². The lowest BCUT2D eigenvalue weighted by molar-refractivity contribution is -0.00890. The number of hydrogen-bond donors (Lipinski definition) is 0. The van der Waals surface area contributed by atoms with Gasteiger partial charge in [0, 0.05) is 44.8 Å². The number of likely N-dealkylation sites (tertiary alicyclic amines) is 3. The van der Waals surface area contributed by atoms with Gasteiger partial charge in [0.1, 0.15) is 0 Å². The second kappa shape index (κ2) is 6.00. The Kier molecular flexibility index (Phi) is 4.26. The van der Waals surface area contributed by atoms with E-state index in [-0.39, 0.29) is 0 Å². The standard InChI is InChI=1S/C20H37N3/c1-20(2,3)17-12-23(13-17)19-8-15-10-22(11-16(15)9-19)18-6-5-7-21(4)14-18/h15-19H,5-14H2,1-4H3. The first kappa shape index (κ1) is 16.4. The lowest BCUT2D eigenvalue weighted by Gasteiger charge is -2.49. The molecule has 0 aromatic heterocycles. The zero-order valence-corrected chi connectivity index (χ0v) is 15.8. The Morgan fingerprint density at radius 3 is 1.96 bits per heavy atom. The summed E-state index contributed by atoms with van der Waals surface area (Å²) in [5.41, 5.74) is 0.509. The molecule has 3 atom stereocenters. The Hall–Kier alpha value is -0.120. The molecule has 4 aliphatic rings. The van der Waals surface area contributed by atoms with Crippen LogP contribution in [0, 0.1) is 23.2 Å². The fourth-order valence-electron chi connectivity index (χ4n) is 5.70. The van der Waals surface area contributed by atoms with Gasteiger partial charge >= 0.3 is 0 Å². The summed E-state index contributed by atoms with van der Waals surface area (Å²) in [4.78, 5) is 8.21. The minimum atomic E-state index is 0.509. The Balaban J connectivity index is 1.26. The van der Waals surface area contributed by atoms with Crippen molar-refractivity contribution >= 4 is 0 Å². The van der Waals surface area contributed by atoms with Crippen LogP contribution in [0.1, 0.15) is 46.5 Å². The number of hydrogen-bond acceptors (Lipinski definition) is 3. The number of likely N-dealkylation sites (N-methyl/N-ethyl adjacent to an activating group) is 1. The second-order valence-electron chi connectivity index (χ2n) is 10.2. The molecule has 1 aliphatic carbocycles. The van der Waals surface area contributed by atoms with E-state index < -0.39 is 0 Å². The summed E-state index contributed by atoms with van der Waals surface area (Å²) in [6, 6.07) is 1.77. The highest BCUT2D eigenvalue weighted by Crippen LogP contribution is 2.44. The molecular formula is C20H37N3.